The van der Waals surface area contributed by atoms with E-state index in [0.717, 1.165) is 0 Å². The molecular formula is C12H22N4O6. The van der Waals surface area contributed by atoms with Crippen LogP contribution in [0.3, 0.4) is 0 Å². The van der Waals surface area contributed by atoms with Crippen LogP contribution in [0.2, 0.25) is 0 Å². The van der Waals surface area contributed by atoms with Crippen LogP contribution in [0.5, 0.6) is 0 Å². The lowest BCUT2D eigenvalue weighted by molar-refractivity contribution is -0.145. The van der Waals surface area contributed by atoms with E-state index in [4.69, 9.17) is 16.6 Å². The van der Waals surface area contributed by atoms with Gasteiger partial charge in [0.2, 0.25) is 17.7 Å². The van der Waals surface area contributed by atoms with Crippen LogP contribution in [-0.2, 0) is 19.2 Å². The average Bonchev–Trinajstić information content (AvgIpc) is 2.40. The average molecular weight is 318 g/mol. The molecule has 0 unspecified atom stereocenters. The molecule has 10 nitrogen and oxygen atoms in total. The molecular weight excluding hydrogens is 296 g/mol. The maximum Gasteiger partial charge on any atom is 0.328 e. The Morgan fingerprint density at radius 1 is 1.09 bits per heavy atom. The molecule has 0 radical (unpaired) electrons. The molecule has 0 fully saturated rings. The first-order valence-electron chi connectivity index (χ1n) is 6.61. The van der Waals surface area contributed by atoms with E-state index in [1.54, 1.807) is 0 Å². The SMILES string of the molecule is C[C@H](NC(=O)[C@@H](N)CCC(N)=O)C(=O)N[C@H](C(=O)O)[C@@H](C)O. The minimum atomic E-state index is -1.49. The molecule has 0 saturated heterocycles. The number of nitrogens with one attached hydrogen (secondary N) is 2. The molecule has 0 aromatic heterocycles. The Morgan fingerprint density at radius 3 is 2.05 bits per heavy atom. The largest absolute Gasteiger partial charge is 0.480 e. The van der Waals surface area contributed by atoms with E-state index in [2.05, 4.69) is 10.6 Å². The number of aliphatic carboxylic acids is 1. The number of carbonyl (C=O) groups is 4. The molecule has 0 aliphatic heterocycles. The van der Waals surface area contributed by atoms with Gasteiger partial charge in [0.05, 0.1) is 12.1 Å². The van der Waals surface area contributed by atoms with E-state index < -0.39 is 47.9 Å². The Kier molecular flexibility index (Phi) is 8.05. The van der Waals surface area contributed by atoms with Crippen LogP contribution in [0.15, 0.2) is 0 Å². The molecule has 0 rings (SSSR count). The molecule has 0 bridgehead atoms. The first kappa shape index (κ1) is 19.8. The summed E-state index contributed by atoms with van der Waals surface area (Å²) in [6.45, 7) is 2.54. The van der Waals surface area contributed by atoms with Gasteiger partial charge in [0.25, 0.3) is 0 Å². The minimum absolute atomic E-state index is 0.0287. The highest BCUT2D eigenvalue weighted by Crippen LogP contribution is 1.97. The molecule has 0 heterocycles. The van der Waals surface area contributed by atoms with Gasteiger partial charge in [-0.05, 0) is 20.3 Å². The number of hydrogen-bond donors (Lipinski definition) is 6. The lowest BCUT2D eigenvalue weighted by Crippen LogP contribution is -2.55. The smallest absolute Gasteiger partial charge is 0.328 e. The Balaban J connectivity index is 4.48. The number of carbonyl (C=O) groups excluding carboxylic acids is 3. The molecule has 3 amide bonds. The Hall–Kier alpha value is -2.20. The number of aliphatic hydroxyl groups excluding tert-OH is 1. The van der Waals surface area contributed by atoms with Crippen LogP contribution < -0.4 is 22.1 Å². The third kappa shape index (κ3) is 6.99. The van der Waals surface area contributed by atoms with Gasteiger partial charge < -0.3 is 32.3 Å². The molecule has 0 aromatic rings. The van der Waals surface area contributed by atoms with E-state index in [1.807, 2.05) is 0 Å². The van der Waals surface area contributed by atoms with Gasteiger partial charge in [-0.2, -0.15) is 0 Å². The summed E-state index contributed by atoms with van der Waals surface area (Å²) in [5.41, 5.74) is 10.5. The molecule has 4 atom stereocenters. The minimum Gasteiger partial charge on any atom is -0.480 e. The topological polar surface area (TPSA) is 185 Å². The Morgan fingerprint density at radius 2 is 1.64 bits per heavy atom. The van der Waals surface area contributed by atoms with E-state index in [-0.39, 0.29) is 12.8 Å². The van der Waals surface area contributed by atoms with Crippen LogP contribution in [0, 0.1) is 0 Å². The molecule has 0 aliphatic rings. The third-order valence-electron chi connectivity index (χ3n) is 2.84. The van der Waals surface area contributed by atoms with E-state index in [0.29, 0.717) is 0 Å². The molecule has 8 N–H and O–H groups in total. The van der Waals surface area contributed by atoms with E-state index >= 15 is 0 Å². The van der Waals surface area contributed by atoms with Crippen LogP contribution in [0.1, 0.15) is 26.7 Å². The summed E-state index contributed by atoms with van der Waals surface area (Å²) < 4.78 is 0. The maximum atomic E-state index is 11.8. The monoisotopic (exact) mass is 318 g/mol. The van der Waals surface area contributed by atoms with Crippen molar-refractivity contribution in [3.63, 3.8) is 0 Å². The number of hydrogen-bond acceptors (Lipinski definition) is 6. The lowest BCUT2D eigenvalue weighted by atomic mass is 10.1. The maximum absolute atomic E-state index is 11.8. The van der Waals surface area contributed by atoms with Crippen LogP contribution in [0.25, 0.3) is 0 Å². The predicted octanol–water partition coefficient (Wildman–Crippen LogP) is -2.97. The Bertz CT molecular complexity index is 439. The molecule has 0 spiro atoms. The summed E-state index contributed by atoms with van der Waals surface area (Å²) in [5, 5.41) is 22.5. The van der Waals surface area contributed by atoms with Crippen molar-refractivity contribution in [3.05, 3.63) is 0 Å². The van der Waals surface area contributed by atoms with Crippen LogP contribution in [-0.4, -0.2) is 58.1 Å². The summed E-state index contributed by atoms with van der Waals surface area (Å²) in [6.07, 6.45) is -1.35. The van der Waals surface area contributed by atoms with Crippen molar-refractivity contribution < 1.29 is 29.4 Å². The van der Waals surface area contributed by atoms with Crippen molar-refractivity contribution in [2.24, 2.45) is 11.5 Å². The van der Waals surface area contributed by atoms with Crippen molar-refractivity contribution in [3.8, 4) is 0 Å². The quantitative estimate of drug-likeness (QED) is 0.262. The highest BCUT2D eigenvalue weighted by atomic mass is 16.4. The van der Waals surface area contributed by atoms with Gasteiger partial charge in [0, 0.05) is 6.42 Å². The van der Waals surface area contributed by atoms with Crippen molar-refractivity contribution in [1.82, 2.24) is 10.6 Å². The number of amides is 3. The van der Waals surface area contributed by atoms with Gasteiger partial charge in [0.1, 0.15) is 6.04 Å². The standard InChI is InChI=1S/C12H22N4O6/c1-5(10(19)16-9(6(2)17)12(21)22)15-11(20)7(13)3-4-8(14)18/h5-7,9,17H,3-4,13H2,1-2H3,(H2,14,18)(H,15,20)(H,16,19)(H,21,22)/t5-,6+,7-,9-/m0/s1. The summed E-state index contributed by atoms with van der Waals surface area (Å²) in [5.74, 6) is -3.47. The summed E-state index contributed by atoms with van der Waals surface area (Å²) >= 11 is 0. The van der Waals surface area contributed by atoms with Gasteiger partial charge in [0.15, 0.2) is 6.04 Å². The zero-order chi connectivity index (χ0) is 17.4. The number of rotatable bonds is 9. The number of nitrogens with two attached hydrogens (primary N) is 2. The summed E-state index contributed by atoms with van der Waals surface area (Å²) in [6, 6.07) is -3.57. The lowest BCUT2D eigenvalue weighted by Gasteiger charge is -2.21. The second kappa shape index (κ2) is 8.95. The van der Waals surface area contributed by atoms with Gasteiger partial charge in [-0.1, -0.05) is 0 Å². The third-order valence-corrected chi connectivity index (χ3v) is 2.84. The zero-order valence-corrected chi connectivity index (χ0v) is 12.4. The van der Waals surface area contributed by atoms with Crippen LogP contribution in [0.4, 0.5) is 0 Å². The van der Waals surface area contributed by atoms with Gasteiger partial charge >= 0.3 is 5.97 Å². The molecule has 0 aliphatic carbocycles. The molecule has 10 heteroatoms. The van der Waals surface area contributed by atoms with Crippen LogP contribution >= 0.6 is 0 Å². The first-order valence-corrected chi connectivity index (χ1v) is 6.61. The van der Waals surface area contributed by atoms with Gasteiger partial charge in [-0.25, -0.2) is 4.79 Å². The number of primary amides is 1. The zero-order valence-electron chi connectivity index (χ0n) is 12.4. The fourth-order valence-electron chi connectivity index (χ4n) is 1.48. The second-order valence-electron chi connectivity index (χ2n) is 4.91. The predicted molar refractivity (Wildman–Crippen MR) is 75.3 cm³/mol. The highest BCUT2D eigenvalue weighted by molar-refractivity contribution is 5.91. The first-order chi connectivity index (χ1) is 10.1. The van der Waals surface area contributed by atoms with Crippen molar-refractivity contribution in [1.29, 1.82) is 0 Å². The molecule has 0 saturated carbocycles. The van der Waals surface area contributed by atoms with Gasteiger partial charge in [-0.3, -0.25) is 14.4 Å². The van der Waals surface area contributed by atoms with Crippen molar-refractivity contribution >= 4 is 23.7 Å². The highest BCUT2D eigenvalue weighted by Gasteiger charge is 2.28. The normalized spacial score (nSPS) is 16.0. The van der Waals surface area contributed by atoms with E-state index in [9.17, 15) is 24.3 Å². The fourth-order valence-corrected chi connectivity index (χ4v) is 1.48. The fraction of sp³-hybridized carbons (Fsp3) is 0.667. The van der Waals surface area contributed by atoms with E-state index in [1.165, 1.54) is 13.8 Å². The second-order valence-corrected chi connectivity index (χ2v) is 4.91. The number of carboxylic acids is 1. The molecule has 126 valence electrons. The van der Waals surface area contributed by atoms with Crippen molar-refractivity contribution in [2.45, 2.75) is 50.9 Å². The molecule has 22 heavy (non-hydrogen) atoms. The van der Waals surface area contributed by atoms with Crippen molar-refractivity contribution in [2.75, 3.05) is 0 Å². The summed E-state index contributed by atoms with van der Waals surface area (Å²) in [4.78, 5) is 44.9. The number of aliphatic hydroxyl groups is 1. The Labute approximate surface area is 127 Å². The summed E-state index contributed by atoms with van der Waals surface area (Å²) in [7, 11) is 0. The number of carboxylic acid groups (broad SMARTS) is 1. The molecule has 0 aromatic carbocycles. The van der Waals surface area contributed by atoms with Gasteiger partial charge in [-0.15, -0.1) is 0 Å².